The number of halogens is 1. The highest BCUT2D eigenvalue weighted by atomic mass is 35.5. The van der Waals surface area contributed by atoms with E-state index in [0.717, 1.165) is 42.6 Å². The lowest BCUT2D eigenvalue weighted by Crippen LogP contribution is -2.47. The quantitative estimate of drug-likeness (QED) is 0.874. The molecule has 0 aliphatic carbocycles. The van der Waals surface area contributed by atoms with Crippen LogP contribution < -0.4 is 10.6 Å². The van der Waals surface area contributed by atoms with Crippen LogP contribution in [-0.4, -0.2) is 39.3 Å². The van der Waals surface area contributed by atoms with E-state index in [4.69, 9.17) is 4.74 Å². The smallest absolute Gasteiger partial charge is 0.251 e. The highest BCUT2D eigenvalue weighted by Gasteiger charge is 2.32. The normalized spacial score (nSPS) is 16.7. The molecule has 0 radical (unpaired) electrons. The van der Waals surface area contributed by atoms with E-state index in [1.807, 2.05) is 26.0 Å². The van der Waals surface area contributed by atoms with Gasteiger partial charge in [0, 0.05) is 24.6 Å². The number of carbonyl (C=O) groups excluding carboxylic acids is 1. The number of hydrogen-bond acceptors (Lipinski definition) is 3. The number of nitrogens with one attached hydrogen (secondary N) is 2. The molecule has 0 aromatic heterocycles. The van der Waals surface area contributed by atoms with Crippen LogP contribution in [0, 0.1) is 19.3 Å². The summed E-state index contributed by atoms with van der Waals surface area (Å²) in [7, 11) is 1.73. The van der Waals surface area contributed by atoms with Crippen molar-refractivity contribution in [2.24, 2.45) is 5.41 Å². The maximum atomic E-state index is 12.4. The van der Waals surface area contributed by atoms with Gasteiger partial charge in [-0.2, -0.15) is 0 Å². The molecule has 0 spiro atoms. The third kappa shape index (κ3) is 4.97. The number of hydrogen-bond donors (Lipinski definition) is 2. The van der Waals surface area contributed by atoms with E-state index in [1.165, 1.54) is 0 Å². The van der Waals surface area contributed by atoms with Gasteiger partial charge < -0.3 is 15.4 Å². The number of carbonyl (C=O) groups is 1. The van der Waals surface area contributed by atoms with E-state index in [0.29, 0.717) is 13.2 Å². The Bertz CT molecular complexity index is 474. The summed E-state index contributed by atoms with van der Waals surface area (Å²) in [6, 6.07) is 5.96. The van der Waals surface area contributed by atoms with Gasteiger partial charge in [-0.15, -0.1) is 12.4 Å². The highest BCUT2D eigenvalue weighted by Crippen LogP contribution is 2.28. The van der Waals surface area contributed by atoms with E-state index in [2.05, 4.69) is 16.7 Å². The number of aryl methyl sites for hydroxylation is 2. The number of piperidine rings is 1. The molecule has 22 heavy (non-hydrogen) atoms. The molecule has 0 atom stereocenters. The van der Waals surface area contributed by atoms with Crippen LogP contribution in [0.4, 0.5) is 0 Å². The average Bonchev–Trinajstić information content (AvgIpc) is 2.45. The van der Waals surface area contributed by atoms with E-state index in [1.54, 1.807) is 7.11 Å². The minimum absolute atomic E-state index is 0. The largest absolute Gasteiger partial charge is 0.384 e. The summed E-state index contributed by atoms with van der Waals surface area (Å²) in [5, 5.41) is 6.47. The second-order valence-corrected chi connectivity index (χ2v) is 6.24. The fourth-order valence-corrected chi connectivity index (χ4v) is 3.11. The topological polar surface area (TPSA) is 50.4 Å². The van der Waals surface area contributed by atoms with Crippen LogP contribution in [0.25, 0.3) is 0 Å². The molecule has 1 amide bonds. The molecule has 1 saturated heterocycles. The molecule has 2 N–H and O–H groups in total. The summed E-state index contributed by atoms with van der Waals surface area (Å²) in [6.07, 6.45) is 2.07. The van der Waals surface area contributed by atoms with E-state index >= 15 is 0 Å². The summed E-state index contributed by atoms with van der Waals surface area (Å²) < 4.78 is 5.38. The fourth-order valence-electron chi connectivity index (χ4n) is 3.11. The van der Waals surface area contributed by atoms with Crippen molar-refractivity contribution in [1.29, 1.82) is 0 Å². The second kappa shape index (κ2) is 8.51. The lowest BCUT2D eigenvalue weighted by molar-refractivity contribution is 0.0511. The number of amides is 1. The summed E-state index contributed by atoms with van der Waals surface area (Å²) in [5.74, 6) is 0.0100. The van der Waals surface area contributed by atoms with Gasteiger partial charge in [0.05, 0.1) is 6.61 Å². The van der Waals surface area contributed by atoms with Crippen molar-refractivity contribution in [3.05, 3.63) is 34.9 Å². The molecule has 1 heterocycles. The Morgan fingerprint density at radius 3 is 2.36 bits per heavy atom. The predicted octanol–water partition coefficient (Wildman–Crippen LogP) is 2.47. The molecule has 0 saturated carbocycles. The van der Waals surface area contributed by atoms with E-state index in [9.17, 15) is 4.79 Å². The molecule has 1 aromatic rings. The Morgan fingerprint density at radius 1 is 1.23 bits per heavy atom. The molecule has 0 unspecified atom stereocenters. The minimum atomic E-state index is 0. The minimum Gasteiger partial charge on any atom is -0.384 e. The maximum absolute atomic E-state index is 12.4. The summed E-state index contributed by atoms with van der Waals surface area (Å²) in [4.78, 5) is 12.4. The lowest BCUT2D eigenvalue weighted by atomic mass is 9.79. The van der Waals surface area contributed by atoms with E-state index in [-0.39, 0.29) is 23.7 Å². The fraction of sp³-hybridized carbons (Fsp3) is 0.588. The van der Waals surface area contributed by atoms with Gasteiger partial charge in [0.1, 0.15) is 0 Å². The Morgan fingerprint density at radius 2 is 1.82 bits per heavy atom. The highest BCUT2D eigenvalue weighted by molar-refractivity contribution is 5.94. The average molecular weight is 327 g/mol. The SMILES string of the molecule is COCC1(CNC(=O)c2cc(C)cc(C)c2)CCNCC1.Cl. The van der Waals surface area contributed by atoms with Crippen molar-refractivity contribution in [3.63, 3.8) is 0 Å². The van der Waals surface area contributed by atoms with Gasteiger partial charge in [0.2, 0.25) is 0 Å². The predicted molar refractivity (Wildman–Crippen MR) is 91.9 cm³/mol. The van der Waals surface area contributed by atoms with Crippen molar-refractivity contribution >= 4 is 18.3 Å². The van der Waals surface area contributed by atoms with Gasteiger partial charge in [-0.1, -0.05) is 17.2 Å². The molecule has 1 aliphatic rings. The monoisotopic (exact) mass is 326 g/mol. The third-order valence-electron chi connectivity index (χ3n) is 4.22. The van der Waals surface area contributed by atoms with Crippen molar-refractivity contribution in [3.8, 4) is 0 Å². The zero-order valence-electron chi connectivity index (χ0n) is 13.7. The van der Waals surface area contributed by atoms with Crippen LogP contribution in [0.1, 0.15) is 34.3 Å². The van der Waals surface area contributed by atoms with Crippen molar-refractivity contribution in [2.45, 2.75) is 26.7 Å². The first-order valence-electron chi connectivity index (χ1n) is 7.61. The van der Waals surface area contributed by atoms with E-state index < -0.39 is 0 Å². The first-order valence-corrected chi connectivity index (χ1v) is 7.61. The summed E-state index contributed by atoms with van der Waals surface area (Å²) in [5.41, 5.74) is 3.05. The number of rotatable bonds is 5. The van der Waals surface area contributed by atoms with Crippen molar-refractivity contribution < 1.29 is 9.53 Å². The van der Waals surface area contributed by atoms with Gasteiger partial charge in [-0.05, 0) is 51.9 Å². The Hall–Kier alpha value is -1.10. The van der Waals surface area contributed by atoms with Gasteiger partial charge in [0.15, 0.2) is 0 Å². The molecular weight excluding hydrogens is 300 g/mol. The molecule has 1 fully saturated rings. The Kier molecular flexibility index (Phi) is 7.33. The second-order valence-electron chi connectivity index (χ2n) is 6.24. The molecule has 4 nitrogen and oxygen atoms in total. The number of methoxy groups -OCH3 is 1. The van der Waals surface area contributed by atoms with Crippen LogP contribution in [-0.2, 0) is 4.74 Å². The van der Waals surface area contributed by atoms with Gasteiger partial charge in [0.25, 0.3) is 5.91 Å². The maximum Gasteiger partial charge on any atom is 0.251 e. The van der Waals surface area contributed by atoms with Gasteiger partial charge >= 0.3 is 0 Å². The first kappa shape index (κ1) is 18.9. The van der Waals surface area contributed by atoms with Crippen LogP contribution in [0.3, 0.4) is 0 Å². The van der Waals surface area contributed by atoms with Gasteiger partial charge in [-0.3, -0.25) is 4.79 Å². The van der Waals surface area contributed by atoms with Crippen LogP contribution in [0.15, 0.2) is 18.2 Å². The van der Waals surface area contributed by atoms with Crippen molar-refractivity contribution in [1.82, 2.24) is 10.6 Å². The standard InChI is InChI=1S/C17H26N2O2.ClH/c1-13-8-14(2)10-15(9-13)16(20)19-11-17(12-21-3)4-6-18-7-5-17;/h8-10,18H,4-7,11-12H2,1-3H3,(H,19,20);1H. The zero-order chi connectivity index (χ0) is 15.3. The molecule has 2 rings (SSSR count). The number of benzene rings is 1. The first-order chi connectivity index (χ1) is 10.0. The summed E-state index contributed by atoms with van der Waals surface area (Å²) in [6.45, 7) is 7.38. The van der Waals surface area contributed by atoms with Crippen molar-refractivity contribution in [2.75, 3.05) is 33.4 Å². The van der Waals surface area contributed by atoms with Crippen LogP contribution in [0.5, 0.6) is 0 Å². The third-order valence-corrected chi connectivity index (χ3v) is 4.22. The summed E-state index contributed by atoms with van der Waals surface area (Å²) >= 11 is 0. The Balaban J connectivity index is 0.00000242. The lowest BCUT2D eigenvalue weighted by Gasteiger charge is -2.37. The van der Waals surface area contributed by atoms with Crippen LogP contribution >= 0.6 is 12.4 Å². The molecule has 1 aliphatic heterocycles. The Labute approximate surface area is 139 Å². The molecule has 0 bridgehead atoms. The zero-order valence-corrected chi connectivity index (χ0v) is 14.5. The molecule has 5 heteroatoms. The van der Waals surface area contributed by atoms with Crippen LogP contribution in [0.2, 0.25) is 0 Å². The molecule has 1 aromatic carbocycles. The number of ether oxygens (including phenoxy) is 1. The molecular formula is C17H27ClN2O2. The van der Waals surface area contributed by atoms with Gasteiger partial charge in [-0.25, -0.2) is 0 Å². The molecule has 124 valence electrons.